The molecule has 0 radical (unpaired) electrons. The van der Waals surface area contributed by atoms with Crippen molar-refractivity contribution in [1.82, 2.24) is 5.16 Å². The molecule has 0 aliphatic carbocycles. The molecule has 13 heavy (non-hydrogen) atoms. The molecule has 0 aliphatic rings. The van der Waals surface area contributed by atoms with E-state index in [1.54, 1.807) is 11.4 Å². The Balaban J connectivity index is 2.08. The van der Waals surface area contributed by atoms with Gasteiger partial charge < -0.3 is 9.84 Å². The summed E-state index contributed by atoms with van der Waals surface area (Å²) in [4.78, 5) is 11.4. The highest BCUT2D eigenvalue weighted by molar-refractivity contribution is 7.08. The molecule has 0 aromatic carbocycles. The molecule has 2 aromatic rings. The van der Waals surface area contributed by atoms with Gasteiger partial charge in [-0.2, -0.15) is 11.3 Å². The first-order valence-electron chi connectivity index (χ1n) is 3.59. The van der Waals surface area contributed by atoms with Gasteiger partial charge in [0, 0.05) is 5.38 Å². The zero-order chi connectivity index (χ0) is 9.10. The summed E-state index contributed by atoms with van der Waals surface area (Å²) >= 11 is 1.48. The molecule has 2 rings (SSSR count). The predicted molar refractivity (Wildman–Crippen MR) is 48.8 cm³/mol. The van der Waals surface area contributed by atoms with E-state index in [1.165, 1.54) is 23.8 Å². The lowest BCUT2D eigenvalue weighted by molar-refractivity contribution is 0.102. The number of nitrogens with zero attached hydrogens (tertiary/aromatic N) is 1. The molecule has 0 aliphatic heterocycles. The number of carbonyl (C=O) groups is 1. The summed E-state index contributed by atoms with van der Waals surface area (Å²) in [5.74, 6) is -0.149. The maximum atomic E-state index is 11.4. The van der Waals surface area contributed by atoms with Crippen molar-refractivity contribution in [2.45, 2.75) is 0 Å². The summed E-state index contributed by atoms with van der Waals surface area (Å²) in [6.07, 6.45) is 2.83. The lowest BCUT2D eigenvalue weighted by Crippen LogP contribution is -2.09. The minimum absolute atomic E-state index is 0.149. The Bertz CT molecular complexity index is 380. The molecular formula is C8H6N2O2S. The molecule has 0 atom stereocenters. The van der Waals surface area contributed by atoms with Crippen molar-refractivity contribution in [2.24, 2.45) is 0 Å². The van der Waals surface area contributed by atoms with Gasteiger partial charge in [-0.25, -0.2) is 0 Å². The van der Waals surface area contributed by atoms with Crippen LogP contribution in [0.15, 0.2) is 33.8 Å². The van der Waals surface area contributed by atoms with Crippen LogP contribution in [0.2, 0.25) is 0 Å². The molecule has 2 aromatic heterocycles. The number of anilines is 1. The molecule has 4 nitrogen and oxygen atoms in total. The maximum Gasteiger partial charge on any atom is 0.256 e. The number of rotatable bonds is 2. The molecule has 5 heteroatoms. The smallest absolute Gasteiger partial charge is 0.256 e. The van der Waals surface area contributed by atoms with Crippen molar-refractivity contribution in [3.05, 3.63) is 34.8 Å². The number of amides is 1. The third-order valence-corrected chi connectivity index (χ3v) is 2.16. The number of carbonyl (C=O) groups excluding carboxylic acids is 1. The molecule has 2 heterocycles. The Morgan fingerprint density at radius 2 is 2.54 bits per heavy atom. The van der Waals surface area contributed by atoms with E-state index >= 15 is 0 Å². The van der Waals surface area contributed by atoms with E-state index in [1.807, 2.05) is 5.38 Å². The number of nitrogens with one attached hydrogen (secondary N) is 1. The van der Waals surface area contributed by atoms with E-state index in [0.29, 0.717) is 11.3 Å². The van der Waals surface area contributed by atoms with Gasteiger partial charge in [-0.05, 0) is 11.4 Å². The summed E-state index contributed by atoms with van der Waals surface area (Å²) in [7, 11) is 0. The SMILES string of the molecule is O=C(Nc1cnoc1)c1ccsc1. The molecule has 0 bridgehead atoms. The Morgan fingerprint density at radius 3 is 3.15 bits per heavy atom. The predicted octanol–water partition coefficient (Wildman–Crippen LogP) is 1.99. The second-order valence-corrected chi connectivity index (χ2v) is 3.16. The van der Waals surface area contributed by atoms with Crippen LogP contribution in [0.4, 0.5) is 5.69 Å². The zero-order valence-corrected chi connectivity index (χ0v) is 7.38. The van der Waals surface area contributed by atoms with Crippen molar-refractivity contribution in [1.29, 1.82) is 0 Å². The van der Waals surface area contributed by atoms with Gasteiger partial charge >= 0.3 is 0 Å². The summed E-state index contributed by atoms with van der Waals surface area (Å²) in [5.41, 5.74) is 1.21. The summed E-state index contributed by atoms with van der Waals surface area (Å²) in [6.45, 7) is 0. The van der Waals surface area contributed by atoms with Crippen molar-refractivity contribution < 1.29 is 9.32 Å². The molecule has 0 fully saturated rings. The van der Waals surface area contributed by atoms with Crippen LogP contribution in [0, 0.1) is 0 Å². The van der Waals surface area contributed by atoms with Crippen LogP contribution >= 0.6 is 11.3 Å². The van der Waals surface area contributed by atoms with Crippen LogP contribution in [0.1, 0.15) is 10.4 Å². The Hall–Kier alpha value is -1.62. The molecule has 0 spiro atoms. The third-order valence-electron chi connectivity index (χ3n) is 1.47. The van der Waals surface area contributed by atoms with Crippen molar-refractivity contribution in [2.75, 3.05) is 5.32 Å². The zero-order valence-electron chi connectivity index (χ0n) is 6.56. The maximum absolute atomic E-state index is 11.4. The average molecular weight is 194 g/mol. The van der Waals surface area contributed by atoms with Crippen LogP contribution in [0.5, 0.6) is 0 Å². The first-order valence-corrected chi connectivity index (χ1v) is 4.53. The van der Waals surface area contributed by atoms with E-state index in [2.05, 4.69) is 15.0 Å². The van der Waals surface area contributed by atoms with Crippen molar-refractivity contribution in [3.8, 4) is 0 Å². The number of thiophene rings is 1. The molecule has 1 amide bonds. The number of hydrogen-bond donors (Lipinski definition) is 1. The number of hydrogen-bond acceptors (Lipinski definition) is 4. The van der Waals surface area contributed by atoms with Gasteiger partial charge in [-0.15, -0.1) is 0 Å². The van der Waals surface area contributed by atoms with E-state index in [0.717, 1.165) is 0 Å². The second-order valence-electron chi connectivity index (χ2n) is 2.38. The first-order chi connectivity index (χ1) is 6.36. The summed E-state index contributed by atoms with van der Waals surface area (Å²) < 4.78 is 4.57. The number of aromatic nitrogens is 1. The average Bonchev–Trinajstić information content (AvgIpc) is 2.74. The van der Waals surface area contributed by atoms with E-state index in [9.17, 15) is 4.79 Å². The van der Waals surface area contributed by atoms with Gasteiger partial charge in [0.25, 0.3) is 5.91 Å². The van der Waals surface area contributed by atoms with Gasteiger partial charge in [0.05, 0.1) is 11.8 Å². The quantitative estimate of drug-likeness (QED) is 0.795. The van der Waals surface area contributed by atoms with Crippen molar-refractivity contribution in [3.63, 3.8) is 0 Å². The van der Waals surface area contributed by atoms with Crippen LogP contribution in [-0.4, -0.2) is 11.1 Å². The normalized spacial score (nSPS) is 9.85. The van der Waals surface area contributed by atoms with Gasteiger partial charge in [-0.3, -0.25) is 4.79 Å². The van der Waals surface area contributed by atoms with E-state index in [4.69, 9.17) is 0 Å². The molecule has 0 saturated heterocycles. The highest BCUT2D eigenvalue weighted by atomic mass is 32.1. The van der Waals surface area contributed by atoms with Gasteiger partial charge in [0.1, 0.15) is 12.0 Å². The lowest BCUT2D eigenvalue weighted by atomic mass is 10.3. The Morgan fingerprint density at radius 1 is 1.62 bits per heavy atom. The van der Waals surface area contributed by atoms with E-state index < -0.39 is 0 Å². The molecular weight excluding hydrogens is 188 g/mol. The van der Waals surface area contributed by atoms with Gasteiger partial charge in [0.2, 0.25) is 0 Å². The topological polar surface area (TPSA) is 55.1 Å². The fourth-order valence-corrected chi connectivity index (χ4v) is 1.50. The molecule has 0 unspecified atom stereocenters. The fourth-order valence-electron chi connectivity index (χ4n) is 0.864. The molecule has 1 N–H and O–H groups in total. The monoisotopic (exact) mass is 194 g/mol. The highest BCUT2D eigenvalue weighted by Crippen LogP contribution is 2.10. The van der Waals surface area contributed by atoms with Crippen LogP contribution in [0.3, 0.4) is 0 Å². The second kappa shape index (κ2) is 3.40. The minimum atomic E-state index is -0.149. The standard InChI is InChI=1S/C8H6N2O2S/c11-8(6-1-2-13-5-6)10-7-3-9-12-4-7/h1-5H,(H,10,11). The molecule has 0 saturated carbocycles. The van der Waals surface area contributed by atoms with Crippen LogP contribution in [-0.2, 0) is 0 Å². The van der Waals surface area contributed by atoms with Crippen LogP contribution < -0.4 is 5.32 Å². The van der Waals surface area contributed by atoms with Crippen molar-refractivity contribution >= 4 is 22.9 Å². The lowest BCUT2D eigenvalue weighted by Gasteiger charge is -1.96. The largest absolute Gasteiger partial charge is 0.363 e. The molecule has 66 valence electrons. The third kappa shape index (κ3) is 1.75. The summed E-state index contributed by atoms with van der Waals surface area (Å²) in [5, 5.41) is 9.74. The summed E-state index contributed by atoms with van der Waals surface area (Å²) in [6, 6.07) is 1.76. The highest BCUT2D eigenvalue weighted by Gasteiger charge is 2.06. The van der Waals surface area contributed by atoms with E-state index in [-0.39, 0.29) is 5.91 Å². The Kier molecular flexibility index (Phi) is 2.09. The minimum Gasteiger partial charge on any atom is -0.363 e. The van der Waals surface area contributed by atoms with Gasteiger partial charge in [-0.1, -0.05) is 5.16 Å². The van der Waals surface area contributed by atoms with Gasteiger partial charge in [0.15, 0.2) is 0 Å². The van der Waals surface area contributed by atoms with Crippen LogP contribution in [0.25, 0.3) is 0 Å². The first kappa shape index (κ1) is 8.00. The fraction of sp³-hybridized carbons (Fsp3) is 0. The Labute approximate surface area is 78.2 Å².